The van der Waals surface area contributed by atoms with Gasteiger partial charge in [0.15, 0.2) is 0 Å². The van der Waals surface area contributed by atoms with Crippen LogP contribution in [0.3, 0.4) is 0 Å². The van der Waals surface area contributed by atoms with E-state index in [-0.39, 0.29) is 0 Å². The zero-order valence-electron chi connectivity index (χ0n) is 8.29. The van der Waals surface area contributed by atoms with Crippen LogP contribution in [0.1, 0.15) is 0 Å². The van der Waals surface area contributed by atoms with E-state index < -0.39 is 32.9 Å². The number of rotatable bonds is 4. The third kappa shape index (κ3) is 2.72. The number of hydrogen-bond donors (Lipinski definition) is 0. The van der Waals surface area contributed by atoms with Crippen LogP contribution in [-0.2, 0) is 0 Å². The molecule has 1 unspecified atom stereocenters. The van der Waals surface area contributed by atoms with Gasteiger partial charge < -0.3 is 0 Å². The summed E-state index contributed by atoms with van der Waals surface area (Å²) in [6, 6.07) is 0. The molecule has 0 aliphatic carbocycles. The highest BCUT2D eigenvalue weighted by atomic mass is 35.5. The fourth-order valence-electron chi connectivity index (χ4n) is 0.750. The van der Waals surface area contributed by atoms with E-state index in [4.69, 9.17) is 0 Å². The minimum Gasteiger partial charge on any atom is -0.211 e. The fraction of sp³-hybridized carbons (Fsp3) is 1.00. The molecule has 0 fully saturated rings. The molecule has 0 aromatic carbocycles. The van der Waals surface area contributed by atoms with Crippen LogP contribution in [0.15, 0.2) is 0 Å². The molecule has 0 heterocycles. The van der Waals surface area contributed by atoms with E-state index in [9.17, 15) is 43.9 Å². The molecule has 0 rings (SSSR count). The molecule has 0 bridgehead atoms. The first-order chi connectivity index (χ1) is 8.25. The molecule has 0 spiro atoms. The summed E-state index contributed by atoms with van der Waals surface area (Å²) >= 11 is 16.0. The van der Waals surface area contributed by atoms with Crippen molar-refractivity contribution in [3.63, 3.8) is 0 Å². The first-order valence-electron chi connectivity index (χ1n) is 3.90. The maximum atomic E-state index is 13.2. The Hall–Kier alpha value is 0.460. The average Bonchev–Trinajstić information content (AvgIpc) is 2.12. The molecule has 0 saturated carbocycles. The summed E-state index contributed by atoms with van der Waals surface area (Å²) in [4.78, 5) is 0. The molecule has 0 aliphatic rings. The summed E-state index contributed by atoms with van der Waals surface area (Å²) in [6.45, 7) is 0. The smallest absolute Gasteiger partial charge is 0.211 e. The fourth-order valence-corrected chi connectivity index (χ4v) is 1.58. The van der Waals surface area contributed by atoms with E-state index >= 15 is 0 Å². The van der Waals surface area contributed by atoms with Crippen molar-refractivity contribution in [1.29, 1.82) is 0 Å². The van der Waals surface area contributed by atoms with Gasteiger partial charge >= 0.3 is 28.5 Å². The van der Waals surface area contributed by atoms with Crippen molar-refractivity contribution in [3.8, 4) is 0 Å². The summed E-state index contributed by atoms with van der Waals surface area (Å²) in [5, 5.41) is -11.7. The van der Waals surface area contributed by atoms with Gasteiger partial charge in [-0.2, -0.15) is 39.5 Å². The Bertz CT molecular complexity index is 331. The quantitative estimate of drug-likeness (QED) is 0.415. The number of alkyl halides is 14. The summed E-state index contributed by atoms with van der Waals surface area (Å²) in [7, 11) is 0. The highest BCUT2D eigenvalue weighted by Crippen LogP contribution is 2.63. The van der Waals surface area contributed by atoms with E-state index in [0.717, 1.165) is 0 Å². The Morgan fingerprint density at radius 2 is 0.800 bits per heavy atom. The molecule has 0 radical (unpaired) electrons. The van der Waals surface area contributed by atoms with Crippen LogP contribution in [0.25, 0.3) is 0 Å². The summed E-state index contributed by atoms with van der Waals surface area (Å²) in [5.41, 5.74) is 0. The average molecular weight is 404 g/mol. The lowest BCUT2D eigenvalue weighted by atomic mass is 10.0. The Balaban J connectivity index is 6.08. The van der Waals surface area contributed by atoms with E-state index in [1.54, 1.807) is 0 Å². The largest absolute Gasteiger partial charge is 0.456 e. The van der Waals surface area contributed by atoms with Crippen molar-refractivity contribution in [3.05, 3.63) is 0 Å². The monoisotopic (exact) mass is 402 g/mol. The number of hydrogen-bond acceptors (Lipinski definition) is 0. The second-order valence-corrected chi connectivity index (χ2v) is 5.62. The van der Waals surface area contributed by atoms with Gasteiger partial charge in [0, 0.05) is 0 Å². The second kappa shape index (κ2) is 4.99. The Kier molecular flexibility index (Phi) is 5.10. The van der Waals surface area contributed by atoms with Gasteiger partial charge in [-0.1, -0.05) is 34.8 Å². The molecule has 0 aliphatic heterocycles. The van der Waals surface area contributed by atoms with Gasteiger partial charge in [0.2, 0.25) is 0 Å². The SMILES string of the molecule is FC(F)(F)C(F)(F)C(Cl)(Cl)C(F)(F)C(F)(Cl)C(F)(F)Cl. The van der Waals surface area contributed by atoms with Crippen LogP contribution in [0, 0.1) is 0 Å². The topological polar surface area (TPSA) is 0 Å². The van der Waals surface area contributed by atoms with Crippen LogP contribution in [0.4, 0.5) is 43.9 Å². The van der Waals surface area contributed by atoms with E-state index in [2.05, 4.69) is 46.4 Å². The van der Waals surface area contributed by atoms with Crippen LogP contribution in [0.2, 0.25) is 0 Å². The van der Waals surface area contributed by atoms with Crippen LogP contribution < -0.4 is 0 Å². The van der Waals surface area contributed by atoms with Crippen molar-refractivity contribution in [2.24, 2.45) is 0 Å². The second-order valence-electron chi connectivity index (χ2n) is 3.29. The highest BCUT2D eigenvalue weighted by Gasteiger charge is 2.86. The van der Waals surface area contributed by atoms with Crippen molar-refractivity contribution in [2.45, 2.75) is 32.9 Å². The van der Waals surface area contributed by atoms with Gasteiger partial charge in [-0.3, -0.25) is 0 Å². The van der Waals surface area contributed by atoms with E-state index in [1.807, 2.05) is 0 Å². The lowest BCUT2D eigenvalue weighted by molar-refractivity contribution is -0.316. The van der Waals surface area contributed by atoms with Crippen LogP contribution in [-0.4, -0.2) is 32.9 Å². The van der Waals surface area contributed by atoms with Crippen molar-refractivity contribution in [2.75, 3.05) is 0 Å². The van der Waals surface area contributed by atoms with Gasteiger partial charge in [-0.25, -0.2) is 4.39 Å². The summed E-state index contributed by atoms with van der Waals surface area (Å²) < 4.78 is 120. The Labute approximate surface area is 123 Å². The predicted molar refractivity (Wildman–Crippen MR) is 50.9 cm³/mol. The first-order valence-corrected chi connectivity index (χ1v) is 5.41. The molecular formula is C6Cl4F10. The molecule has 20 heavy (non-hydrogen) atoms. The molecule has 0 amide bonds. The third-order valence-electron chi connectivity index (χ3n) is 1.90. The normalized spacial score (nSPS) is 18.9. The molecular weight excluding hydrogens is 404 g/mol. The summed E-state index contributed by atoms with van der Waals surface area (Å²) in [6.07, 6.45) is -6.81. The predicted octanol–water partition coefficient (Wildman–Crippen LogP) is 5.73. The van der Waals surface area contributed by atoms with Crippen LogP contribution >= 0.6 is 46.4 Å². The number of halogens is 14. The van der Waals surface area contributed by atoms with Gasteiger partial charge in [-0.15, -0.1) is 0 Å². The lowest BCUT2D eigenvalue weighted by Gasteiger charge is -2.41. The van der Waals surface area contributed by atoms with Crippen molar-refractivity contribution in [1.82, 2.24) is 0 Å². The molecule has 0 N–H and O–H groups in total. The van der Waals surface area contributed by atoms with Gasteiger partial charge in [-0.05, 0) is 11.6 Å². The maximum absolute atomic E-state index is 13.2. The molecule has 0 aromatic heterocycles. The molecule has 0 aromatic rings. The molecule has 1 atom stereocenters. The first kappa shape index (κ1) is 20.5. The minimum absolute atomic E-state index is 3.82. The third-order valence-corrected chi connectivity index (χ3v) is 3.68. The zero-order chi connectivity index (χ0) is 17.0. The standard InChI is InChI=1S/C6Cl4F10/c7-1(8,4(14,15)6(18,19)20)3(12,13)2(9,11)5(10,16)17. The van der Waals surface area contributed by atoms with E-state index in [0.29, 0.717) is 0 Å². The van der Waals surface area contributed by atoms with E-state index in [1.165, 1.54) is 0 Å². The summed E-state index contributed by atoms with van der Waals surface area (Å²) in [5.74, 6) is -13.2. The minimum atomic E-state index is -6.81. The van der Waals surface area contributed by atoms with Crippen LogP contribution in [0.5, 0.6) is 0 Å². The van der Waals surface area contributed by atoms with Gasteiger partial charge in [0.1, 0.15) is 0 Å². The molecule has 14 heteroatoms. The molecule has 0 nitrogen and oxygen atoms in total. The lowest BCUT2D eigenvalue weighted by Crippen LogP contribution is -2.67. The Morgan fingerprint density at radius 1 is 0.500 bits per heavy atom. The van der Waals surface area contributed by atoms with Gasteiger partial charge in [0.25, 0.3) is 4.33 Å². The Morgan fingerprint density at radius 3 is 1.00 bits per heavy atom. The molecule has 0 saturated heterocycles. The van der Waals surface area contributed by atoms with Crippen molar-refractivity contribution < 1.29 is 43.9 Å². The maximum Gasteiger partial charge on any atom is 0.456 e. The van der Waals surface area contributed by atoms with Crippen molar-refractivity contribution >= 4 is 46.4 Å². The molecule has 122 valence electrons. The van der Waals surface area contributed by atoms with Gasteiger partial charge in [0.05, 0.1) is 0 Å². The highest BCUT2D eigenvalue weighted by molar-refractivity contribution is 6.51. The zero-order valence-corrected chi connectivity index (χ0v) is 11.3.